The first-order valence-electron chi connectivity index (χ1n) is 9.31. The minimum Gasteiger partial charge on any atom is -0.482 e. The second-order valence-corrected chi connectivity index (χ2v) is 7.47. The number of rotatable bonds is 6. The Bertz CT molecular complexity index is 730. The first-order chi connectivity index (χ1) is 12.8. The van der Waals surface area contributed by atoms with Gasteiger partial charge in [-0.25, -0.2) is 4.79 Å². The summed E-state index contributed by atoms with van der Waals surface area (Å²) in [4.78, 5) is 25.7. The zero-order valence-electron chi connectivity index (χ0n) is 16.6. The third kappa shape index (κ3) is 5.22. The van der Waals surface area contributed by atoms with Crippen LogP contribution in [0.5, 0.6) is 5.75 Å². The molecule has 0 atom stereocenters. The Labute approximate surface area is 161 Å². The van der Waals surface area contributed by atoms with Crippen LogP contribution in [0.2, 0.25) is 0 Å². The molecule has 1 aromatic carbocycles. The van der Waals surface area contributed by atoms with E-state index in [1.54, 1.807) is 13.1 Å². The number of likely N-dealkylation sites (N-methyl/N-ethyl adjacent to an activating group) is 1. The van der Waals surface area contributed by atoms with E-state index in [1.807, 2.05) is 26.0 Å². The third-order valence-electron chi connectivity index (χ3n) is 5.52. The van der Waals surface area contributed by atoms with Gasteiger partial charge < -0.3 is 14.4 Å². The van der Waals surface area contributed by atoms with Crippen LogP contribution < -0.4 is 4.74 Å². The average Bonchev–Trinajstić information content (AvgIpc) is 2.67. The van der Waals surface area contributed by atoms with E-state index >= 15 is 0 Å². The van der Waals surface area contributed by atoms with Gasteiger partial charge in [0.05, 0.1) is 6.07 Å². The quantitative estimate of drug-likeness (QED) is 0.717. The fraction of sp³-hybridized carbons (Fsp3) is 0.571. The van der Waals surface area contributed by atoms with Crippen LogP contribution >= 0.6 is 0 Å². The van der Waals surface area contributed by atoms with Crippen molar-refractivity contribution in [3.63, 3.8) is 0 Å². The van der Waals surface area contributed by atoms with Gasteiger partial charge >= 0.3 is 5.97 Å². The number of hydrogen-bond donors (Lipinski definition) is 0. The van der Waals surface area contributed by atoms with Gasteiger partial charge in [0.25, 0.3) is 5.91 Å². The monoisotopic (exact) mass is 372 g/mol. The maximum absolute atomic E-state index is 12.4. The fourth-order valence-electron chi connectivity index (χ4n) is 3.23. The molecule has 0 aromatic heterocycles. The van der Waals surface area contributed by atoms with Crippen LogP contribution in [0, 0.1) is 31.1 Å². The lowest BCUT2D eigenvalue weighted by Crippen LogP contribution is -2.51. The molecule has 0 bridgehead atoms. The molecule has 0 saturated heterocycles. The van der Waals surface area contributed by atoms with Gasteiger partial charge in [-0.05, 0) is 68.7 Å². The van der Waals surface area contributed by atoms with Crippen LogP contribution in [0.3, 0.4) is 0 Å². The normalized spacial score (nSPS) is 21.8. The van der Waals surface area contributed by atoms with Gasteiger partial charge in [0.2, 0.25) is 0 Å². The number of nitrogens with zero attached hydrogens (tertiary/aromatic N) is 2. The Kier molecular flexibility index (Phi) is 6.84. The zero-order valence-corrected chi connectivity index (χ0v) is 16.6. The highest BCUT2D eigenvalue weighted by Gasteiger charge is 2.40. The number of ether oxygens (including phenoxy) is 2. The van der Waals surface area contributed by atoms with E-state index in [1.165, 1.54) is 4.90 Å². The number of hydrogen-bond acceptors (Lipinski definition) is 5. The van der Waals surface area contributed by atoms with Crippen LogP contribution in [-0.2, 0) is 14.3 Å². The number of amides is 1. The molecule has 0 spiro atoms. The SMILES string of the molecule is Cc1ccc(OCC(=O)OCC(=O)N(C)C2(C#N)CCC(C)CC2)cc1C. The highest BCUT2D eigenvalue weighted by atomic mass is 16.6. The summed E-state index contributed by atoms with van der Waals surface area (Å²) in [6.45, 7) is 5.47. The van der Waals surface area contributed by atoms with E-state index in [4.69, 9.17) is 9.47 Å². The predicted octanol–water partition coefficient (Wildman–Crippen LogP) is 3.16. The third-order valence-corrected chi connectivity index (χ3v) is 5.52. The minimum absolute atomic E-state index is 0.263. The number of esters is 1. The highest BCUT2D eigenvalue weighted by molar-refractivity contribution is 5.81. The Hall–Kier alpha value is -2.55. The molecule has 1 saturated carbocycles. The van der Waals surface area contributed by atoms with Crippen LogP contribution in [-0.4, -0.2) is 42.6 Å². The van der Waals surface area contributed by atoms with Crippen molar-refractivity contribution in [1.82, 2.24) is 4.90 Å². The van der Waals surface area contributed by atoms with Gasteiger partial charge in [-0.3, -0.25) is 4.79 Å². The molecule has 1 fully saturated rings. The van der Waals surface area contributed by atoms with Gasteiger partial charge in [-0.1, -0.05) is 13.0 Å². The van der Waals surface area contributed by atoms with Crippen molar-refractivity contribution in [3.05, 3.63) is 29.3 Å². The molecule has 0 N–H and O–H groups in total. The Morgan fingerprint density at radius 2 is 1.89 bits per heavy atom. The van der Waals surface area contributed by atoms with E-state index in [0.29, 0.717) is 24.5 Å². The molecule has 0 heterocycles. The largest absolute Gasteiger partial charge is 0.482 e. The van der Waals surface area contributed by atoms with Crippen molar-refractivity contribution in [2.75, 3.05) is 20.3 Å². The van der Waals surface area contributed by atoms with Crippen LogP contribution in [0.15, 0.2) is 18.2 Å². The van der Waals surface area contributed by atoms with E-state index in [9.17, 15) is 14.9 Å². The number of carbonyl (C=O) groups is 2. The van der Waals surface area contributed by atoms with Gasteiger partial charge in [0.15, 0.2) is 13.2 Å². The van der Waals surface area contributed by atoms with Gasteiger partial charge in [-0.2, -0.15) is 5.26 Å². The molecule has 27 heavy (non-hydrogen) atoms. The Morgan fingerprint density at radius 1 is 1.22 bits per heavy atom. The lowest BCUT2D eigenvalue weighted by molar-refractivity contribution is -0.155. The summed E-state index contributed by atoms with van der Waals surface area (Å²) in [6, 6.07) is 7.86. The lowest BCUT2D eigenvalue weighted by Gasteiger charge is -2.40. The summed E-state index contributed by atoms with van der Waals surface area (Å²) in [5.74, 6) is 0.164. The topological polar surface area (TPSA) is 79.6 Å². The predicted molar refractivity (Wildman–Crippen MR) is 101 cm³/mol. The van der Waals surface area contributed by atoms with Crippen molar-refractivity contribution in [3.8, 4) is 11.8 Å². The smallest absolute Gasteiger partial charge is 0.344 e. The maximum atomic E-state index is 12.4. The standard InChI is InChI=1S/C21H28N2O4/c1-15-7-9-21(14-22,10-8-15)23(4)19(24)12-27-20(25)13-26-18-6-5-16(2)17(3)11-18/h5-6,11,15H,7-10,12-13H2,1-4H3. The first-order valence-corrected chi connectivity index (χ1v) is 9.31. The molecule has 6 nitrogen and oxygen atoms in total. The minimum atomic E-state index is -0.800. The zero-order chi connectivity index (χ0) is 20.0. The van der Waals surface area contributed by atoms with E-state index in [-0.39, 0.29) is 19.1 Å². The lowest BCUT2D eigenvalue weighted by atomic mass is 9.77. The van der Waals surface area contributed by atoms with Crippen molar-refractivity contribution < 1.29 is 19.1 Å². The summed E-state index contributed by atoms with van der Waals surface area (Å²) < 4.78 is 10.5. The number of aryl methyl sites for hydroxylation is 2. The molecule has 146 valence electrons. The summed E-state index contributed by atoms with van der Waals surface area (Å²) in [5.41, 5.74) is 1.41. The summed E-state index contributed by atoms with van der Waals surface area (Å²) in [6.07, 6.45) is 3.12. The van der Waals surface area contributed by atoms with E-state index in [0.717, 1.165) is 24.0 Å². The molecule has 1 aliphatic carbocycles. The first kappa shape index (κ1) is 20.8. The number of benzene rings is 1. The molecule has 1 amide bonds. The van der Waals surface area contributed by atoms with Gasteiger partial charge in [-0.15, -0.1) is 0 Å². The maximum Gasteiger partial charge on any atom is 0.344 e. The van der Waals surface area contributed by atoms with Crippen LogP contribution in [0.1, 0.15) is 43.7 Å². The van der Waals surface area contributed by atoms with Crippen LogP contribution in [0.25, 0.3) is 0 Å². The van der Waals surface area contributed by atoms with Crippen molar-refractivity contribution >= 4 is 11.9 Å². The number of nitriles is 1. The molecule has 0 unspecified atom stereocenters. The van der Waals surface area contributed by atoms with Crippen molar-refractivity contribution in [1.29, 1.82) is 5.26 Å². The summed E-state index contributed by atoms with van der Waals surface area (Å²) in [7, 11) is 1.61. The van der Waals surface area contributed by atoms with Crippen molar-refractivity contribution in [2.45, 2.75) is 52.0 Å². The average molecular weight is 372 g/mol. The van der Waals surface area contributed by atoms with Gasteiger partial charge in [0.1, 0.15) is 11.3 Å². The molecular weight excluding hydrogens is 344 g/mol. The van der Waals surface area contributed by atoms with Crippen molar-refractivity contribution in [2.24, 2.45) is 5.92 Å². The molecule has 0 aliphatic heterocycles. The fourth-order valence-corrected chi connectivity index (χ4v) is 3.23. The second kappa shape index (κ2) is 8.90. The Balaban J connectivity index is 1.82. The van der Waals surface area contributed by atoms with E-state index < -0.39 is 11.5 Å². The molecule has 1 aromatic rings. The highest BCUT2D eigenvalue weighted by Crippen LogP contribution is 2.35. The molecular formula is C21H28N2O4. The van der Waals surface area contributed by atoms with Crippen LogP contribution in [0.4, 0.5) is 0 Å². The Morgan fingerprint density at radius 3 is 2.48 bits per heavy atom. The molecule has 1 aliphatic rings. The molecule has 2 rings (SSSR count). The van der Waals surface area contributed by atoms with Gasteiger partial charge in [0, 0.05) is 7.05 Å². The van der Waals surface area contributed by atoms with E-state index in [2.05, 4.69) is 13.0 Å². The number of carbonyl (C=O) groups excluding carboxylic acids is 2. The summed E-state index contributed by atoms with van der Waals surface area (Å²) >= 11 is 0. The molecule has 0 radical (unpaired) electrons. The summed E-state index contributed by atoms with van der Waals surface area (Å²) in [5, 5.41) is 9.61. The molecule has 6 heteroatoms. The second-order valence-electron chi connectivity index (χ2n) is 7.47.